The number of H-pyrrole nitrogens is 1. The molecule has 1 atom stereocenters. The highest BCUT2D eigenvalue weighted by Crippen LogP contribution is 2.31. The van der Waals surface area contributed by atoms with E-state index in [1.807, 2.05) is 29.2 Å². The fourth-order valence-corrected chi connectivity index (χ4v) is 4.46. The van der Waals surface area contributed by atoms with Crippen LogP contribution in [0.3, 0.4) is 0 Å². The predicted octanol–water partition coefficient (Wildman–Crippen LogP) is 5.19. The molecule has 0 bridgehead atoms. The van der Waals surface area contributed by atoms with Crippen molar-refractivity contribution in [2.75, 3.05) is 18.0 Å². The molecule has 1 N–H and O–H groups in total. The van der Waals surface area contributed by atoms with E-state index in [1.165, 1.54) is 19.1 Å². The second kappa shape index (κ2) is 9.44. The van der Waals surface area contributed by atoms with Crippen molar-refractivity contribution in [2.45, 2.75) is 45.6 Å². The minimum Gasteiger partial charge on any atom is -0.451 e. The number of anilines is 1. The van der Waals surface area contributed by atoms with Crippen molar-refractivity contribution in [3.05, 3.63) is 69.4 Å². The first-order valence-corrected chi connectivity index (χ1v) is 11.2. The van der Waals surface area contributed by atoms with Crippen molar-refractivity contribution in [1.29, 1.82) is 0 Å². The van der Waals surface area contributed by atoms with E-state index in [0.717, 1.165) is 49.7 Å². The zero-order chi connectivity index (χ0) is 23.5. The fourth-order valence-electron chi connectivity index (χ4n) is 4.46. The van der Waals surface area contributed by atoms with E-state index >= 15 is 0 Å². The number of nitro benzene ring substituents is 1. The molecule has 8 nitrogen and oxygen atoms in total. The summed E-state index contributed by atoms with van der Waals surface area (Å²) in [5, 5.41) is 12.5. The van der Waals surface area contributed by atoms with Crippen molar-refractivity contribution >= 4 is 34.0 Å². The number of ketones is 1. The first kappa shape index (κ1) is 22.5. The lowest BCUT2D eigenvalue weighted by Crippen LogP contribution is -2.26. The third kappa shape index (κ3) is 4.60. The smallest absolute Gasteiger partial charge is 0.339 e. The molecule has 1 aromatic heterocycles. The number of benzene rings is 2. The van der Waals surface area contributed by atoms with Crippen molar-refractivity contribution < 1.29 is 19.2 Å². The summed E-state index contributed by atoms with van der Waals surface area (Å²) < 4.78 is 5.43. The van der Waals surface area contributed by atoms with Crippen molar-refractivity contribution in [1.82, 2.24) is 4.98 Å². The van der Waals surface area contributed by atoms with Gasteiger partial charge in [0.25, 0.3) is 5.69 Å². The van der Waals surface area contributed by atoms with Gasteiger partial charge < -0.3 is 14.6 Å². The lowest BCUT2D eigenvalue weighted by atomic mass is 10.0. The summed E-state index contributed by atoms with van der Waals surface area (Å²) >= 11 is 0. The topological polar surface area (TPSA) is 106 Å². The van der Waals surface area contributed by atoms with Crippen molar-refractivity contribution in [3.8, 4) is 0 Å². The summed E-state index contributed by atoms with van der Waals surface area (Å²) in [4.78, 5) is 42.3. The quantitative estimate of drug-likeness (QED) is 0.240. The second-order valence-corrected chi connectivity index (χ2v) is 8.44. The average Bonchev–Trinajstić information content (AvgIpc) is 2.96. The Kier molecular flexibility index (Phi) is 6.44. The Morgan fingerprint density at radius 2 is 1.79 bits per heavy atom. The van der Waals surface area contributed by atoms with Crippen LogP contribution >= 0.6 is 0 Å². The normalized spacial score (nSPS) is 15.2. The van der Waals surface area contributed by atoms with E-state index in [-0.39, 0.29) is 17.0 Å². The standard InChI is InChI=1S/C25H27N3O5/c1-16-23(19-9-5-6-10-20(19)26-16)24(29)17(2)33-25(30)18-11-12-21(22(15-18)28(31)32)27-13-7-3-4-8-14-27/h5-6,9-12,15,17,26H,3-4,7-8,13-14H2,1-2H3/t17-/m0/s1. The number of fused-ring (bicyclic) bond motifs is 1. The van der Waals surface area contributed by atoms with Gasteiger partial charge in [0.05, 0.1) is 10.5 Å². The van der Waals surface area contributed by atoms with Gasteiger partial charge in [0.1, 0.15) is 5.69 Å². The van der Waals surface area contributed by atoms with Crippen LogP contribution in [0.5, 0.6) is 0 Å². The van der Waals surface area contributed by atoms with E-state index in [2.05, 4.69) is 4.98 Å². The number of rotatable bonds is 6. The molecule has 2 heterocycles. The molecule has 0 aliphatic carbocycles. The first-order chi connectivity index (χ1) is 15.9. The number of ether oxygens (including phenoxy) is 1. The molecule has 3 aromatic rings. The zero-order valence-electron chi connectivity index (χ0n) is 18.8. The number of esters is 1. The molecule has 8 heteroatoms. The van der Waals surface area contributed by atoms with Crippen LogP contribution in [-0.2, 0) is 4.74 Å². The molecule has 1 saturated heterocycles. The van der Waals surface area contributed by atoms with Crippen LogP contribution in [0, 0.1) is 17.0 Å². The van der Waals surface area contributed by atoms with E-state index in [9.17, 15) is 19.7 Å². The fraction of sp³-hybridized carbons (Fsp3) is 0.360. The number of nitrogens with one attached hydrogen (secondary N) is 1. The molecule has 1 aliphatic rings. The van der Waals surface area contributed by atoms with Crippen molar-refractivity contribution in [3.63, 3.8) is 0 Å². The molecule has 2 aromatic carbocycles. The zero-order valence-corrected chi connectivity index (χ0v) is 18.8. The van der Waals surface area contributed by atoms with Gasteiger partial charge in [0.2, 0.25) is 5.78 Å². The monoisotopic (exact) mass is 449 g/mol. The summed E-state index contributed by atoms with van der Waals surface area (Å²) in [6.07, 6.45) is 3.13. The first-order valence-electron chi connectivity index (χ1n) is 11.2. The molecular weight excluding hydrogens is 422 g/mol. The molecule has 0 unspecified atom stereocenters. The Hall–Kier alpha value is -3.68. The molecule has 0 saturated carbocycles. The number of Topliss-reactive ketones (excluding diaryl/α,β-unsaturated/α-hetero) is 1. The SMILES string of the molecule is Cc1[nH]c2ccccc2c1C(=O)[C@H](C)OC(=O)c1ccc(N2CCCCCC2)c([N+](=O)[O-])c1. The highest BCUT2D eigenvalue weighted by molar-refractivity contribution is 6.11. The van der Waals surface area contributed by atoms with Crippen LogP contribution in [0.2, 0.25) is 0 Å². The average molecular weight is 450 g/mol. The van der Waals surface area contributed by atoms with Crippen LogP contribution in [-0.4, -0.2) is 40.9 Å². The number of carbonyl (C=O) groups excluding carboxylic acids is 2. The van der Waals surface area contributed by atoms with Gasteiger partial charge in [-0.3, -0.25) is 14.9 Å². The summed E-state index contributed by atoms with van der Waals surface area (Å²) in [7, 11) is 0. The number of aromatic nitrogens is 1. The minimum atomic E-state index is -1.04. The van der Waals surface area contributed by atoms with Gasteiger partial charge in [0, 0.05) is 41.3 Å². The molecule has 0 spiro atoms. The van der Waals surface area contributed by atoms with Crippen molar-refractivity contribution in [2.24, 2.45) is 0 Å². The Morgan fingerprint density at radius 1 is 1.09 bits per heavy atom. The maximum Gasteiger partial charge on any atom is 0.339 e. The van der Waals surface area contributed by atoms with Gasteiger partial charge in [-0.1, -0.05) is 31.0 Å². The number of hydrogen-bond donors (Lipinski definition) is 1. The maximum atomic E-state index is 13.1. The molecule has 0 amide bonds. The van der Waals surface area contributed by atoms with Crippen LogP contribution < -0.4 is 4.90 Å². The van der Waals surface area contributed by atoms with E-state index in [1.54, 1.807) is 13.0 Å². The summed E-state index contributed by atoms with van der Waals surface area (Å²) in [5.74, 6) is -1.09. The largest absolute Gasteiger partial charge is 0.451 e. The minimum absolute atomic E-state index is 0.0515. The predicted molar refractivity (Wildman–Crippen MR) is 126 cm³/mol. The highest BCUT2D eigenvalue weighted by Gasteiger charge is 2.27. The molecule has 1 fully saturated rings. The van der Waals surface area contributed by atoms with Crippen LogP contribution in [0.25, 0.3) is 10.9 Å². The van der Waals surface area contributed by atoms with Crippen LogP contribution in [0.4, 0.5) is 11.4 Å². The molecular formula is C25H27N3O5. The van der Waals surface area contributed by atoms with Gasteiger partial charge >= 0.3 is 5.97 Å². The second-order valence-electron chi connectivity index (χ2n) is 8.44. The van der Waals surface area contributed by atoms with Gasteiger partial charge in [-0.15, -0.1) is 0 Å². The van der Waals surface area contributed by atoms with E-state index < -0.39 is 17.0 Å². The number of nitro groups is 1. The Labute approximate surface area is 191 Å². The summed E-state index contributed by atoms with van der Waals surface area (Å²) in [6.45, 7) is 4.81. The highest BCUT2D eigenvalue weighted by atomic mass is 16.6. The molecule has 1 aliphatic heterocycles. The molecule has 172 valence electrons. The number of nitrogens with zero attached hydrogens (tertiary/aromatic N) is 2. The molecule has 33 heavy (non-hydrogen) atoms. The maximum absolute atomic E-state index is 13.1. The number of aryl methyl sites for hydroxylation is 1. The van der Waals surface area contributed by atoms with E-state index in [0.29, 0.717) is 16.9 Å². The van der Waals surface area contributed by atoms with Crippen LogP contribution in [0.15, 0.2) is 42.5 Å². The van der Waals surface area contributed by atoms with Gasteiger partial charge in [0.15, 0.2) is 6.10 Å². The number of hydrogen-bond acceptors (Lipinski definition) is 6. The van der Waals surface area contributed by atoms with Gasteiger partial charge in [-0.05, 0) is 44.9 Å². The lowest BCUT2D eigenvalue weighted by molar-refractivity contribution is -0.384. The number of para-hydroxylation sites is 1. The third-order valence-corrected chi connectivity index (χ3v) is 6.15. The molecule has 4 rings (SSSR count). The molecule has 0 radical (unpaired) electrons. The summed E-state index contributed by atoms with van der Waals surface area (Å²) in [6, 6.07) is 11.8. The third-order valence-electron chi connectivity index (χ3n) is 6.15. The van der Waals surface area contributed by atoms with Gasteiger partial charge in [-0.2, -0.15) is 0 Å². The Bertz CT molecular complexity index is 1210. The number of carbonyl (C=O) groups is 2. The lowest BCUT2D eigenvalue weighted by Gasteiger charge is -2.22. The summed E-state index contributed by atoms with van der Waals surface area (Å²) in [5.41, 5.74) is 2.44. The number of aromatic amines is 1. The Balaban J connectivity index is 1.55. The van der Waals surface area contributed by atoms with Crippen LogP contribution in [0.1, 0.15) is 59.0 Å². The van der Waals surface area contributed by atoms with E-state index in [4.69, 9.17) is 4.74 Å². The van der Waals surface area contributed by atoms with Gasteiger partial charge in [-0.25, -0.2) is 4.79 Å². The Morgan fingerprint density at radius 3 is 2.48 bits per heavy atom.